The molecule has 0 amide bonds. The van der Waals surface area contributed by atoms with Crippen molar-refractivity contribution in [3.8, 4) is 5.75 Å². The van der Waals surface area contributed by atoms with Crippen LogP contribution < -0.4 is 10.1 Å². The van der Waals surface area contributed by atoms with Gasteiger partial charge in [-0.15, -0.1) is 0 Å². The summed E-state index contributed by atoms with van der Waals surface area (Å²) < 4.78 is 7.81. The van der Waals surface area contributed by atoms with E-state index in [0.717, 1.165) is 35.8 Å². The van der Waals surface area contributed by atoms with Crippen LogP contribution in [-0.4, -0.2) is 17.7 Å². The van der Waals surface area contributed by atoms with Crippen molar-refractivity contribution in [2.24, 2.45) is 0 Å². The fourth-order valence-corrected chi connectivity index (χ4v) is 2.75. The summed E-state index contributed by atoms with van der Waals surface area (Å²) in [5.41, 5.74) is 2.39. The molecule has 0 aliphatic carbocycles. The zero-order valence-corrected chi connectivity index (χ0v) is 10.5. The number of ether oxygens (including phenoxy) is 1. The smallest absolute Gasteiger partial charge is 0.120 e. The van der Waals surface area contributed by atoms with E-state index in [1.807, 2.05) is 19.1 Å². The molecule has 1 aromatic heterocycles. The van der Waals surface area contributed by atoms with Crippen LogP contribution in [0, 0.1) is 0 Å². The summed E-state index contributed by atoms with van der Waals surface area (Å²) in [6.45, 7) is 5.49. The summed E-state index contributed by atoms with van der Waals surface area (Å²) in [6, 6.07) is 6.14. The lowest BCUT2D eigenvalue weighted by Crippen LogP contribution is -2.27. The normalized spacial score (nSPS) is 14.9. The predicted octanol–water partition coefficient (Wildman–Crippen LogP) is 2.80. The van der Waals surface area contributed by atoms with Crippen molar-refractivity contribution in [1.29, 1.82) is 0 Å². The second-order valence-corrected chi connectivity index (χ2v) is 4.58. The van der Waals surface area contributed by atoms with Gasteiger partial charge >= 0.3 is 0 Å². The lowest BCUT2D eigenvalue weighted by atomic mass is 10.2. The van der Waals surface area contributed by atoms with Gasteiger partial charge in [-0.2, -0.15) is 0 Å². The molecule has 3 rings (SSSR count). The maximum absolute atomic E-state index is 6.43. The second kappa shape index (κ2) is 4.24. The fraction of sp³-hybridized carbons (Fsp3) is 0.385. The molecule has 1 N–H and O–H groups in total. The number of nitrogens with one attached hydrogen (secondary N) is 1. The molecule has 17 heavy (non-hydrogen) atoms. The molecule has 0 unspecified atom stereocenters. The molecule has 0 spiro atoms. The van der Waals surface area contributed by atoms with E-state index in [1.54, 1.807) is 0 Å². The van der Waals surface area contributed by atoms with E-state index in [0.29, 0.717) is 6.61 Å². The molecule has 1 aliphatic rings. The molecule has 2 aromatic rings. The fourth-order valence-electron chi connectivity index (χ4n) is 2.43. The number of rotatable bonds is 2. The number of halogens is 1. The molecule has 90 valence electrons. The molecule has 0 fully saturated rings. The second-order valence-electron chi connectivity index (χ2n) is 4.20. The third-order valence-corrected chi connectivity index (χ3v) is 3.61. The van der Waals surface area contributed by atoms with E-state index in [1.165, 1.54) is 11.2 Å². The molecule has 0 saturated carbocycles. The van der Waals surface area contributed by atoms with Crippen LogP contribution >= 0.6 is 11.6 Å². The van der Waals surface area contributed by atoms with E-state index < -0.39 is 0 Å². The molecule has 4 heteroatoms. The summed E-state index contributed by atoms with van der Waals surface area (Å²) in [4.78, 5) is 0. The van der Waals surface area contributed by atoms with Crippen LogP contribution in [0.2, 0.25) is 5.02 Å². The van der Waals surface area contributed by atoms with Crippen molar-refractivity contribution < 1.29 is 4.74 Å². The van der Waals surface area contributed by atoms with Crippen LogP contribution in [0.5, 0.6) is 5.75 Å². The zero-order chi connectivity index (χ0) is 11.8. The molecular weight excluding hydrogens is 236 g/mol. The first kappa shape index (κ1) is 10.9. The highest BCUT2D eigenvalue weighted by molar-refractivity contribution is 6.36. The summed E-state index contributed by atoms with van der Waals surface area (Å²) in [5, 5.41) is 5.30. The highest BCUT2D eigenvalue weighted by atomic mass is 35.5. The van der Waals surface area contributed by atoms with E-state index in [-0.39, 0.29) is 0 Å². The monoisotopic (exact) mass is 250 g/mol. The Morgan fingerprint density at radius 3 is 3.18 bits per heavy atom. The molecule has 0 radical (unpaired) electrons. The Balaban J connectivity index is 2.20. The first-order chi connectivity index (χ1) is 8.31. The molecule has 1 aliphatic heterocycles. The molecule has 1 aromatic carbocycles. The first-order valence-electron chi connectivity index (χ1n) is 5.95. The highest BCUT2D eigenvalue weighted by Crippen LogP contribution is 2.34. The Morgan fingerprint density at radius 2 is 2.35 bits per heavy atom. The van der Waals surface area contributed by atoms with Crippen LogP contribution in [-0.2, 0) is 13.1 Å². The Hall–Kier alpha value is -1.19. The van der Waals surface area contributed by atoms with Gasteiger partial charge in [-0.05, 0) is 25.1 Å². The van der Waals surface area contributed by atoms with Crippen LogP contribution in [0.25, 0.3) is 10.9 Å². The number of nitrogens with zero attached hydrogens (tertiary/aromatic N) is 1. The maximum atomic E-state index is 6.43. The van der Waals surface area contributed by atoms with Crippen molar-refractivity contribution >= 4 is 22.5 Å². The largest absolute Gasteiger partial charge is 0.494 e. The van der Waals surface area contributed by atoms with Crippen molar-refractivity contribution in [1.82, 2.24) is 9.88 Å². The molecule has 0 atom stereocenters. The molecule has 2 heterocycles. The summed E-state index contributed by atoms with van der Waals surface area (Å²) >= 11 is 6.43. The minimum Gasteiger partial charge on any atom is -0.494 e. The number of fused-ring (bicyclic) bond motifs is 3. The summed E-state index contributed by atoms with van der Waals surface area (Å²) in [7, 11) is 0. The van der Waals surface area contributed by atoms with E-state index in [4.69, 9.17) is 16.3 Å². The maximum Gasteiger partial charge on any atom is 0.120 e. The van der Waals surface area contributed by atoms with Gasteiger partial charge < -0.3 is 14.6 Å². The van der Waals surface area contributed by atoms with Crippen molar-refractivity contribution in [2.45, 2.75) is 20.0 Å². The van der Waals surface area contributed by atoms with E-state index >= 15 is 0 Å². The van der Waals surface area contributed by atoms with Gasteiger partial charge in [0.25, 0.3) is 0 Å². The van der Waals surface area contributed by atoms with Gasteiger partial charge in [0.15, 0.2) is 0 Å². The van der Waals surface area contributed by atoms with Crippen LogP contribution in [0.1, 0.15) is 12.6 Å². The molecule has 0 saturated heterocycles. The van der Waals surface area contributed by atoms with Crippen LogP contribution in [0.4, 0.5) is 0 Å². The number of hydrogen-bond donors (Lipinski definition) is 1. The van der Waals surface area contributed by atoms with Gasteiger partial charge in [0.1, 0.15) is 5.75 Å². The Labute approximate surface area is 105 Å². The Bertz CT molecular complexity index is 562. The number of aromatic nitrogens is 1. The van der Waals surface area contributed by atoms with E-state index in [9.17, 15) is 0 Å². The summed E-state index contributed by atoms with van der Waals surface area (Å²) in [5.74, 6) is 0.887. The minimum absolute atomic E-state index is 0.679. The lowest BCUT2D eigenvalue weighted by molar-refractivity contribution is 0.340. The van der Waals surface area contributed by atoms with Gasteiger partial charge in [0.05, 0.1) is 22.8 Å². The summed E-state index contributed by atoms with van der Waals surface area (Å²) in [6.07, 6.45) is 0. The third kappa shape index (κ3) is 1.70. The number of hydrogen-bond acceptors (Lipinski definition) is 2. The molecule has 3 nitrogen and oxygen atoms in total. The lowest BCUT2D eigenvalue weighted by Gasteiger charge is -2.17. The SMILES string of the molecule is CCOc1ccc2c(c1)c(Cl)c1n2CCNC1. The van der Waals surface area contributed by atoms with Crippen LogP contribution in [0.3, 0.4) is 0 Å². The van der Waals surface area contributed by atoms with Gasteiger partial charge in [-0.3, -0.25) is 0 Å². The molecular formula is C13H15ClN2O. The highest BCUT2D eigenvalue weighted by Gasteiger charge is 2.18. The third-order valence-electron chi connectivity index (χ3n) is 3.19. The zero-order valence-electron chi connectivity index (χ0n) is 9.79. The van der Waals surface area contributed by atoms with Crippen molar-refractivity contribution in [2.75, 3.05) is 13.2 Å². The first-order valence-corrected chi connectivity index (χ1v) is 6.33. The average molecular weight is 251 g/mol. The predicted molar refractivity (Wildman–Crippen MR) is 69.8 cm³/mol. The van der Waals surface area contributed by atoms with E-state index in [2.05, 4.69) is 16.0 Å². The van der Waals surface area contributed by atoms with Gasteiger partial charge in [-0.1, -0.05) is 11.6 Å². The molecule has 0 bridgehead atoms. The van der Waals surface area contributed by atoms with Gasteiger partial charge in [0, 0.05) is 25.0 Å². The Morgan fingerprint density at radius 1 is 1.47 bits per heavy atom. The van der Waals surface area contributed by atoms with Crippen molar-refractivity contribution in [3.63, 3.8) is 0 Å². The van der Waals surface area contributed by atoms with Gasteiger partial charge in [0.2, 0.25) is 0 Å². The standard InChI is InChI=1S/C13H15ClN2O/c1-2-17-9-3-4-11-10(7-9)13(14)12-8-15-5-6-16(11)12/h3-4,7,15H,2,5-6,8H2,1H3. The number of benzene rings is 1. The minimum atomic E-state index is 0.679. The topological polar surface area (TPSA) is 26.2 Å². The van der Waals surface area contributed by atoms with Crippen molar-refractivity contribution in [3.05, 3.63) is 28.9 Å². The van der Waals surface area contributed by atoms with Gasteiger partial charge in [-0.25, -0.2) is 0 Å². The average Bonchev–Trinajstić information content (AvgIpc) is 2.65. The quantitative estimate of drug-likeness (QED) is 0.887. The Kier molecular flexibility index (Phi) is 2.73. The van der Waals surface area contributed by atoms with Crippen LogP contribution in [0.15, 0.2) is 18.2 Å².